The molecular weight excluding hydrogens is 302 g/mol. The molecule has 1 aromatic carbocycles. The van der Waals surface area contributed by atoms with Gasteiger partial charge in [0.05, 0.1) is 16.6 Å². The van der Waals surface area contributed by atoms with Crippen LogP contribution in [0.3, 0.4) is 0 Å². The van der Waals surface area contributed by atoms with E-state index < -0.39 is 4.92 Å². The second kappa shape index (κ2) is 6.66. The topological polar surface area (TPSA) is 93.9 Å². The zero-order chi connectivity index (χ0) is 16.2. The van der Waals surface area contributed by atoms with Crippen molar-refractivity contribution in [2.75, 3.05) is 19.9 Å². The number of piperidine rings is 1. The van der Waals surface area contributed by atoms with Crippen LogP contribution in [0.2, 0.25) is 0 Å². The number of nitrogens with zero attached hydrogens (tertiary/aromatic N) is 2. The van der Waals surface area contributed by atoms with E-state index in [4.69, 9.17) is 9.47 Å². The molecule has 2 heterocycles. The number of amides is 1. The summed E-state index contributed by atoms with van der Waals surface area (Å²) < 4.78 is 10.3. The SMILES string of the molecule is O=C(/C=C/c1cc2c(cc1[N+](=O)[O-])OCO2)NN1CCCCC1. The van der Waals surface area contributed by atoms with Crippen molar-refractivity contribution in [1.29, 1.82) is 0 Å². The third-order valence-electron chi connectivity index (χ3n) is 3.76. The molecule has 0 bridgehead atoms. The molecule has 122 valence electrons. The molecule has 0 saturated carbocycles. The largest absolute Gasteiger partial charge is 0.454 e. The Morgan fingerprint density at radius 1 is 1.22 bits per heavy atom. The van der Waals surface area contributed by atoms with Crippen molar-refractivity contribution in [1.82, 2.24) is 10.4 Å². The van der Waals surface area contributed by atoms with E-state index in [2.05, 4.69) is 5.43 Å². The Labute approximate surface area is 132 Å². The Balaban J connectivity index is 1.73. The number of hydrazine groups is 1. The molecule has 1 N–H and O–H groups in total. The summed E-state index contributed by atoms with van der Waals surface area (Å²) in [6, 6.07) is 2.82. The number of carbonyl (C=O) groups is 1. The summed E-state index contributed by atoms with van der Waals surface area (Å²) in [5, 5.41) is 13.0. The standard InChI is InChI=1S/C15H17N3O5/c19-15(16-17-6-2-1-3-7-17)5-4-11-8-13-14(23-10-22-13)9-12(11)18(20)21/h4-5,8-9H,1-3,6-7,10H2,(H,16,19)/b5-4+. The van der Waals surface area contributed by atoms with Gasteiger partial charge in [-0.05, 0) is 25.0 Å². The molecule has 1 aromatic rings. The smallest absolute Gasteiger partial charge is 0.280 e. The summed E-state index contributed by atoms with van der Waals surface area (Å²) in [6.07, 6.45) is 5.99. The fourth-order valence-corrected chi connectivity index (χ4v) is 2.60. The highest BCUT2D eigenvalue weighted by Gasteiger charge is 2.22. The molecule has 0 unspecified atom stereocenters. The molecule has 0 radical (unpaired) electrons. The molecule has 8 heteroatoms. The van der Waals surface area contributed by atoms with Crippen LogP contribution >= 0.6 is 0 Å². The summed E-state index contributed by atoms with van der Waals surface area (Å²) in [4.78, 5) is 22.6. The first-order valence-corrected chi connectivity index (χ1v) is 7.45. The molecule has 8 nitrogen and oxygen atoms in total. The molecule has 3 rings (SSSR count). The van der Waals surface area contributed by atoms with Crippen LogP contribution < -0.4 is 14.9 Å². The third kappa shape index (κ3) is 3.59. The van der Waals surface area contributed by atoms with E-state index in [1.807, 2.05) is 5.01 Å². The molecule has 0 aliphatic carbocycles. The van der Waals surface area contributed by atoms with Crippen molar-refractivity contribution in [2.24, 2.45) is 0 Å². The van der Waals surface area contributed by atoms with E-state index in [1.165, 1.54) is 30.7 Å². The zero-order valence-electron chi connectivity index (χ0n) is 12.5. The highest BCUT2D eigenvalue weighted by Crippen LogP contribution is 2.38. The molecule has 0 spiro atoms. The van der Waals surface area contributed by atoms with Crippen molar-refractivity contribution < 1.29 is 19.2 Å². The van der Waals surface area contributed by atoms with Crippen LogP contribution in [-0.4, -0.2) is 35.7 Å². The Hall–Kier alpha value is -2.61. The lowest BCUT2D eigenvalue weighted by atomic mass is 10.1. The number of carbonyl (C=O) groups excluding carboxylic acids is 1. The first kappa shape index (κ1) is 15.3. The third-order valence-corrected chi connectivity index (χ3v) is 3.76. The molecule has 2 aliphatic heterocycles. The van der Waals surface area contributed by atoms with Crippen LogP contribution in [0.25, 0.3) is 6.08 Å². The molecular formula is C15H17N3O5. The molecule has 2 aliphatic rings. The van der Waals surface area contributed by atoms with Gasteiger partial charge in [0.1, 0.15) is 0 Å². The normalized spacial score (nSPS) is 17.4. The van der Waals surface area contributed by atoms with E-state index in [0.717, 1.165) is 25.9 Å². The fourth-order valence-electron chi connectivity index (χ4n) is 2.60. The monoisotopic (exact) mass is 319 g/mol. The molecule has 0 atom stereocenters. The number of nitrogens with one attached hydrogen (secondary N) is 1. The van der Waals surface area contributed by atoms with Crippen LogP contribution in [0, 0.1) is 10.1 Å². The molecule has 0 aromatic heterocycles. The quantitative estimate of drug-likeness (QED) is 0.517. The van der Waals surface area contributed by atoms with Crippen LogP contribution in [0.4, 0.5) is 5.69 Å². The molecule has 1 fully saturated rings. The number of rotatable bonds is 4. The molecule has 23 heavy (non-hydrogen) atoms. The van der Waals surface area contributed by atoms with Gasteiger partial charge in [0, 0.05) is 19.2 Å². The van der Waals surface area contributed by atoms with Crippen molar-refractivity contribution in [3.05, 3.63) is 33.9 Å². The Kier molecular flexibility index (Phi) is 4.42. The van der Waals surface area contributed by atoms with Gasteiger partial charge in [-0.2, -0.15) is 0 Å². The zero-order valence-corrected chi connectivity index (χ0v) is 12.5. The summed E-state index contributed by atoms with van der Waals surface area (Å²) in [7, 11) is 0. The van der Waals surface area contributed by atoms with Gasteiger partial charge in [0.15, 0.2) is 11.5 Å². The number of fused-ring (bicyclic) bond motifs is 1. The second-order valence-corrected chi connectivity index (χ2v) is 5.38. The lowest BCUT2D eigenvalue weighted by Gasteiger charge is -2.26. The van der Waals surface area contributed by atoms with Gasteiger partial charge in [0.2, 0.25) is 6.79 Å². The van der Waals surface area contributed by atoms with Crippen LogP contribution in [0.1, 0.15) is 24.8 Å². The Bertz CT molecular complexity index is 653. The van der Waals surface area contributed by atoms with Crippen LogP contribution in [0.5, 0.6) is 11.5 Å². The number of benzene rings is 1. The minimum absolute atomic E-state index is 0.0368. The van der Waals surface area contributed by atoms with Gasteiger partial charge < -0.3 is 9.47 Å². The van der Waals surface area contributed by atoms with E-state index in [0.29, 0.717) is 17.1 Å². The lowest BCUT2D eigenvalue weighted by molar-refractivity contribution is -0.385. The predicted octanol–water partition coefficient (Wildman–Crippen LogP) is 1.85. The molecule has 1 amide bonds. The van der Waals surface area contributed by atoms with Crippen LogP contribution in [-0.2, 0) is 4.79 Å². The number of hydrogen-bond acceptors (Lipinski definition) is 6. The van der Waals surface area contributed by atoms with Crippen LogP contribution in [0.15, 0.2) is 18.2 Å². The number of nitro benzene ring substituents is 1. The van der Waals surface area contributed by atoms with E-state index in [1.54, 1.807) is 0 Å². The minimum atomic E-state index is -0.510. The van der Waals surface area contributed by atoms with Crippen molar-refractivity contribution >= 4 is 17.7 Å². The second-order valence-electron chi connectivity index (χ2n) is 5.38. The van der Waals surface area contributed by atoms with Gasteiger partial charge in [0.25, 0.3) is 11.6 Å². The van der Waals surface area contributed by atoms with Gasteiger partial charge in [-0.1, -0.05) is 6.42 Å². The Morgan fingerprint density at radius 2 is 1.91 bits per heavy atom. The number of nitro groups is 1. The van der Waals surface area contributed by atoms with Gasteiger partial charge >= 0.3 is 0 Å². The van der Waals surface area contributed by atoms with Gasteiger partial charge in [-0.25, -0.2) is 5.01 Å². The summed E-state index contributed by atoms with van der Waals surface area (Å²) >= 11 is 0. The van der Waals surface area contributed by atoms with E-state index in [-0.39, 0.29) is 18.4 Å². The first-order chi connectivity index (χ1) is 11.1. The van der Waals surface area contributed by atoms with E-state index >= 15 is 0 Å². The number of ether oxygens (including phenoxy) is 2. The molecule has 1 saturated heterocycles. The lowest BCUT2D eigenvalue weighted by Crippen LogP contribution is -2.44. The first-order valence-electron chi connectivity index (χ1n) is 7.45. The maximum Gasteiger partial charge on any atom is 0.280 e. The fraction of sp³-hybridized carbons (Fsp3) is 0.400. The maximum absolute atomic E-state index is 11.9. The van der Waals surface area contributed by atoms with Gasteiger partial charge in [-0.15, -0.1) is 0 Å². The van der Waals surface area contributed by atoms with Crippen molar-refractivity contribution in [2.45, 2.75) is 19.3 Å². The highest BCUT2D eigenvalue weighted by molar-refractivity contribution is 5.92. The summed E-state index contributed by atoms with van der Waals surface area (Å²) in [6.45, 7) is 1.68. The Morgan fingerprint density at radius 3 is 2.61 bits per heavy atom. The summed E-state index contributed by atoms with van der Waals surface area (Å²) in [5.74, 6) is 0.470. The van der Waals surface area contributed by atoms with Crippen molar-refractivity contribution in [3.8, 4) is 11.5 Å². The van der Waals surface area contributed by atoms with Gasteiger partial charge in [-0.3, -0.25) is 20.3 Å². The summed E-state index contributed by atoms with van der Waals surface area (Å²) in [5.41, 5.74) is 2.94. The van der Waals surface area contributed by atoms with Crippen molar-refractivity contribution in [3.63, 3.8) is 0 Å². The highest BCUT2D eigenvalue weighted by atomic mass is 16.7. The average molecular weight is 319 g/mol. The average Bonchev–Trinajstić information content (AvgIpc) is 3.00. The van der Waals surface area contributed by atoms with E-state index in [9.17, 15) is 14.9 Å². The predicted molar refractivity (Wildman–Crippen MR) is 81.8 cm³/mol. The minimum Gasteiger partial charge on any atom is -0.454 e. The maximum atomic E-state index is 11.9. The number of hydrogen-bond donors (Lipinski definition) is 1.